The number of ether oxygens (including phenoxy) is 3. The maximum Gasteiger partial charge on any atom is 0.122 e. The summed E-state index contributed by atoms with van der Waals surface area (Å²) >= 11 is 0. The maximum absolute atomic E-state index is 5.89. The molecule has 1 N–H and O–H groups in total. The van der Waals surface area contributed by atoms with Crippen LogP contribution in [0.15, 0.2) is 18.2 Å². The standard InChI is InChI=1S/C14H21NO3/c1-16-13-6-11(7-14(8-13)17-2)10-18-12-4-3-5-15-9-12/h6-8,12,15H,3-5,9-10H2,1-2H3/t12-/m0/s1. The Hall–Kier alpha value is -1.26. The highest BCUT2D eigenvalue weighted by Crippen LogP contribution is 2.23. The number of hydrogen-bond donors (Lipinski definition) is 1. The normalized spacial score (nSPS) is 19.6. The number of hydrogen-bond acceptors (Lipinski definition) is 4. The van der Waals surface area contributed by atoms with Crippen molar-refractivity contribution in [3.8, 4) is 11.5 Å². The minimum absolute atomic E-state index is 0.316. The van der Waals surface area contributed by atoms with Crippen molar-refractivity contribution >= 4 is 0 Å². The second-order valence-corrected chi connectivity index (χ2v) is 4.50. The Morgan fingerprint density at radius 1 is 1.17 bits per heavy atom. The highest BCUT2D eigenvalue weighted by atomic mass is 16.5. The van der Waals surface area contributed by atoms with Crippen LogP contribution in [0.4, 0.5) is 0 Å². The first-order valence-corrected chi connectivity index (χ1v) is 6.36. The summed E-state index contributed by atoms with van der Waals surface area (Å²) < 4.78 is 16.4. The lowest BCUT2D eigenvalue weighted by atomic mass is 10.1. The molecule has 1 atom stereocenters. The first-order chi connectivity index (χ1) is 8.81. The lowest BCUT2D eigenvalue weighted by Crippen LogP contribution is -2.35. The molecular formula is C14H21NO3. The molecule has 0 radical (unpaired) electrons. The van der Waals surface area contributed by atoms with Gasteiger partial charge < -0.3 is 19.5 Å². The molecular weight excluding hydrogens is 230 g/mol. The molecule has 0 saturated carbocycles. The molecule has 0 aromatic heterocycles. The van der Waals surface area contributed by atoms with E-state index in [9.17, 15) is 0 Å². The third kappa shape index (κ3) is 3.62. The summed E-state index contributed by atoms with van der Waals surface area (Å²) in [6, 6.07) is 5.84. The molecule has 100 valence electrons. The van der Waals surface area contributed by atoms with Gasteiger partial charge in [0.1, 0.15) is 11.5 Å². The zero-order valence-corrected chi connectivity index (χ0v) is 11.1. The quantitative estimate of drug-likeness (QED) is 0.868. The third-order valence-corrected chi connectivity index (χ3v) is 3.15. The second kappa shape index (κ2) is 6.61. The second-order valence-electron chi connectivity index (χ2n) is 4.50. The van der Waals surface area contributed by atoms with Crippen LogP contribution in [0.2, 0.25) is 0 Å². The Labute approximate surface area is 108 Å². The summed E-state index contributed by atoms with van der Waals surface area (Å²) in [6.45, 7) is 2.65. The van der Waals surface area contributed by atoms with Crippen molar-refractivity contribution in [2.45, 2.75) is 25.6 Å². The van der Waals surface area contributed by atoms with Crippen molar-refractivity contribution in [3.63, 3.8) is 0 Å². The molecule has 4 nitrogen and oxygen atoms in total. The Kier molecular flexibility index (Phi) is 4.84. The van der Waals surface area contributed by atoms with Gasteiger partial charge in [0.05, 0.1) is 26.9 Å². The summed E-state index contributed by atoms with van der Waals surface area (Å²) in [5, 5.41) is 3.34. The van der Waals surface area contributed by atoms with Crippen molar-refractivity contribution in [3.05, 3.63) is 23.8 Å². The molecule has 1 aliphatic heterocycles. The fourth-order valence-corrected chi connectivity index (χ4v) is 2.13. The van der Waals surface area contributed by atoms with Gasteiger partial charge in [-0.15, -0.1) is 0 Å². The molecule has 1 aromatic carbocycles. The summed E-state index contributed by atoms with van der Waals surface area (Å²) in [5.74, 6) is 1.60. The predicted octanol–water partition coefficient (Wildman–Crippen LogP) is 1.97. The van der Waals surface area contributed by atoms with Crippen molar-refractivity contribution in [2.24, 2.45) is 0 Å². The van der Waals surface area contributed by atoms with Gasteiger partial charge in [0, 0.05) is 12.6 Å². The van der Waals surface area contributed by atoms with Gasteiger partial charge in [-0.3, -0.25) is 0 Å². The molecule has 0 aliphatic carbocycles. The molecule has 1 fully saturated rings. The lowest BCUT2D eigenvalue weighted by Gasteiger charge is -2.23. The van der Waals surface area contributed by atoms with E-state index >= 15 is 0 Å². The SMILES string of the molecule is COc1cc(CO[C@H]2CCCNC2)cc(OC)c1. The fraction of sp³-hybridized carbons (Fsp3) is 0.571. The molecule has 4 heteroatoms. The van der Waals surface area contributed by atoms with E-state index < -0.39 is 0 Å². The molecule has 2 rings (SSSR count). The first kappa shape index (κ1) is 13.2. The van der Waals surface area contributed by atoms with E-state index in [0.29, 0.717) is 12.7 Å². The van der Waals surface area contributed by atoms with Crippen LogP contribution in [0.25, 0.3) is 0 Å². The van der Waals surface area contributed by atoms with Gasteiger partial charge in [-0.1, -0.05) is 0 Å². The molecule has 0 spiro atoms. The van der Waals surface area contributed by atoms with Gasteiger partial charge >= 0.3 is 0 Å². The number of methoxy groups -OCH3 is 2. The zero-order valence-electron chi connectivity index (χ0n) is 11.1. The van der Waals surface area contributed by atoms with E-state index in [1.807, 2.05) is 18.2 Å². The van der Waals surface area contributed by atoms with E-state index in [-0.39, 0.29) is 0 Å². The van der Waals surface area contributed by atoms with Gasteiger partial charge in [0.2, 0.25) is 0 Å². The minimum atomic E-state index is 0.316. The smallest absolute Gasteiger partial charge is 0.122 e. The highest BCUT2D eigenvalue weighted by Gasteiger charge is 2.13. The highest BCUT2D eigenvalue weighted by molar-refractivity contribution is 5.38. The number of piperidine rings is 1. The summed E-state index contributed by atoms with van der Waals surface area (Å²) in [4.78, 5) is 0. The molecule has 1 aromatic rings. The van der Waals surface area contributed by atoms with Crippen molar-refractivity contribution in [1.82, 2.24) is 5.32 Å². The number of nitrogens with one attached hydrogen (secondary N) is 1. The Bertz CT molecular complexity index is 353. The summed E-state index contributed by atoms with van der Waals surface area (Å²) in [5.41, 5.74) is 1.08. The first-order valence-electron chi connectivity index (χ1n) is 6.36. The molecule has 0 bridgehead atoms. The topological polar surface area (TPSA) is 39.7 Å². The molecule has 1 aliphatic rings. The predicted molar refractivity (Wildman–Crippen MR) is 70.2 cm³/mol. The largest absolute Gasteiger partial charge is 0.497 e. The lowest BCUT2D eigenvalue weighted by molar-refractivity contribution is 0.0251. The van der Waals surface area contributed by atoms with E-state index in [2.05, 4.69) is 5.32 Å². The van der Waals surface area contributed by atoms with E-state index in [1.165, 1.54) is 6.42 Å². The maximum atomic E-state index is 5.89. The van der Waals surface area contributed by atoms with Gasteiger partial charge in [-0.25, -0.2) is 0 Å². The van der Waals surface area contributed by atoms with Crippen LogP contribution in [0.5, 0.6) is 11.5 Å². The monoisotopic (exact) mass is 251 g/mol. The van der Waals surface area contributed by atoms with Crippen molar-refractivity contribution < 1.29 is 14.2 Å². The fourth-order valence-electron chi connectivity index (χ4n) is 2.13. The summed E-state index contributed by atoms with van der Waals surface area (Å²) in [6.07, 6.45) is 2.64. The minimum Gasteiger partial charge on any atom is -0.497 e. The third-order valence-electron chi connectivity index (χ3n) is 3.15. The van der Waals surface area contributed by atoms with Crippen molar-refractivity contribution in [2.75, 3.05) is 27.3 Å². The van der Waals surface area contributed by atoms with Crippen LogP contribution in [0.1, 0.15) is 18.4 Å². The van der Waals surface area contributed by atoms with E-state index in [1.54, 1.807) is 14.2 Å². The van der Waals surface area contributed by atoms with Crippen LogP contribution in [-0.4, -0.2) is 33.4 Å². The Balaban J connectivity index is 1.94. The average Bonchev–Trinajstić information content (AvgIpc) is 2.45. The van der Waals surface area contributed by atoms with Crippen LogP contribution >= 0.6 is 0 Å². The van der Waals surface area contributed by atoms with Crippen LogP contribution < -0.4 is 14.8 Å². The zero-order chi connectivity index (χ0) is 12.8. The Morgan fingerprint density at radius 3 is 2.44 bits per heavy atom. The molecule has 0 amide bonds. The van der Waals surface area contributed by atoms with Crippen LogP contribution in [0.3, 0.4) is 0 Å². The van der Waals surface area contributed by atoms with Crippen molar-refractivity contribution in [1.29, 1.82) is 0 Å². The summed E-state index contributed by atoms with van der Waals surface area (Å²) in [7, 11) is 3.31. The van der Waals surface area contributed by atoms with Gasteiger partial charge in [0.25, 0.3) is 0 Å². The van der Waals surface area contributed by atoms with Gasteiger partial charge in [-0.05, 0) is 37.1 Å². The average molecular weight is 251 g/mol. The molecule has 18 heavy (non-hydrogen) atoms. The van der Waals surface area contributed by atoms with Gasteiger partial charge in [0.15, 0.2) is 0 Å². The molecule has 1 heterocycles. The number of rotatable bonds is 5. The molecule has 0 unspecified atom stereocenters. The molecule has 1 saturated heterocycles. The Morgan fingerprint density at radius 2 is 1.89 bits per heavy atom. The number of benzene rings is 1. The van der Waals surface area contributed by atoms with E-state index in [0.717, 1.165) is 36.6 Å². The van der Waals surface area contributed by atoms with Crippen LogP contribution in [0, 0.1) is 0 Å². The van der Waals surface area contributed by atoms with Crippen LogP contribution in [-0.2, 0) is 11.3 Å². The van der Waals surface area contributed by atoms with Gasteiger partial charge in [-0.2, -0.15) is 0 Å². The van der Waals surface area contributed by atoms with E-state index in [4.69, 9.17) is 14.2 Å².